The lowest BCUT2D eigenvalue weighted by Gasteiger charge is -2.01. The van der Waals surface area contributed by atoms with E-state index in [-0.39, 0.29) is 11.5 Å². The molecule has 9 heteroatoms. The molecule has 1 amide bonds. The third-order valence-electron chi connectivity index (χ3n) is 4.13. The van der Waals surface area contributed by atoms with Crippen LogP contribution in [0, 0.1) is 0 Å². The highest BCUT2D eigenvalue weighted by molar-refractivity contribution is 7.13. The quantitative estimate of drug-likeness (QED) is 0.433. The first-order valence-corrected chi connectivity index (χ1v) is 9.80. The van der Waals surface area contributed by atoms with Crippen molar-refractivity contribution in [1.29, 1.82) is 0 Å². The third kappa shape index (κ3) is 2.82. The number of hydrogen-bond donors (Lipinski definition) is 3. The molecule has 4 aromatic heterocycles. The number of amides is 1. The van der Waals surface area contributed by atoms with Crippen LogP contribution in [-0.2, 0) is 0 Å². The van der Waals surface area contributed by atoms with Crippen LogP contribution in [0.1, 0.15) is 10.4 Å². The number of fused-ring (bicyclic) bond motifs is 2. The molecule has 0 saturated carbocycles. The van der Waals surface area contributed by atoms with Crippen LogP contribution in [0.25, 0.3) is 33.3 Å². The van der Waals surface area contributed by atoms with Gasteiger partial charge in [0.05, 0.1) is 16.7 Å². The van der Waals surface area contributed by atoms with E-state index >= 15 is 0 Å². The predicted octanol–water partition coefficient (Wildman–Crippen LogP) is 3.84. The number of H-pyrrole nitrogens is 2. The van der Waals surface area contributed by atoms with Crippen molar-refractivity contribution in [3.63, 3.8) is 0 Å². The Morgan fingerprint density at radius 2 is 2.04 bits per heavy atom. The number of nitrogens with zero attached hydrogens (tertiary/aromatic N) is 2. The third-order valence-corrected chi connectivity index (χ3v) is 5.55. The van der Waals surface area contributed by atoms with Crippen molar-refractivity contribution in [1.82, 2.24) is 19.9 Å². The van der Waals surface area contributed by atoms with E-state index in [1.54, 1.807) is 23.7 Å². The van der Waals surface area contributed by atoms with Crippen molar-refractivity contribution in [2.75, 3.05) is 5.32 Å². The molecule has 0 spiro atoms. The molecule has 0 radical (unpaired) electrons. The molecule has 0 fully saturated rings. The summed E-state index contributed by atoms with van der Waals surface area (Å²) >= 11 is 2.84. The van der Waals surface area contributed by atoms with Crippen molar-refractivity contribution in [2.24, 2.45) is 0 Å². The summed E-state index contributed by atoms with van der Waals surface area (Å²) in [6.45, 7) is 0. The molecule has 132 valence electrons. The molecule has 27 heavy (non-hydrogen) atoms. The summed E-state index contributed by atoms with van der Waals surface area (Å²) in [5.74, 6) is -0.231. The normalized spacial score (nSPS) is 11.3. The largest absolute Gasteiger partial charge is 0.353 e. The number of thiophene rings is 1. The van der Waals surface area contributed by atoms with E-state index in [2.05, 4.69) is 25.3 Å². The smallest absolute Gasteiger partial charge is 0.276 e. The fourth-order valence-electron chi connectivity index (χ4n) is 2.86. The number of thiazole rings is 1. The molecule has 0 aliphatic rings. The van der Waals surface area contributed by atoms with Crippen LogP contribution in [0.15, 0.2) is 51.4 Å². The Labute approximate surface area is 159 Å². The number of hydrogen-bond acceptors (Lipinski definition) is 6. The fourth-order valence-corrected chi connectivity index (χ4v) is 4.08. The number of aromatic nitrogens is 4. The molecule has 3 N–H and O–H groups in total. The zero-order chi connectivity index (χ0) is 18.4. The van der Waals surface area contributed by atoms with Gasteiger partial charge < -0.3 is 9.97 Å². The van der Waals surface area contributed by atoms with Gasteiger partial charge in [-0.25, -0.2) is 9.97 Å². The van der Waals surface area contributed by atoms with Gasteiger partial charge in [0, 0.05) is 38.8 Å². The molecular weight excluding hydrogens is 382 g/mol. The highest BCUT2D eigenvalue weighted by Gasteiger charge is 2.13. The second-order valence-corrected chi connectivity index (χ2v) is 7.50. The lowest BCUT2D eigenvalue weighted by molar-refractivity contribution is 0.102. The Hall–Kier alpha value is -3.30. The van der Waals surface area contributed by atoms with Gasteiger partial charge in [0.1, 0.15) is 0 Å². The van der Waals surface area contributed by atoms with Gasteiger partial charge in [-0.2, -0.15) is 0 Å². The molecule has 0 saturated heterocycles. The summed E-state index contributed by atoms with van der Waals surface area (Å²) in [6, 6.07) is 7.14. The van der Waals surface area contributed by atoms with E-state index in [1.807, 2.05) is 22.9 Å². The van der Waals surface area contributed by atoms with E-state index in [0.29, 0.717) is 22.1 Å². The van der Waals surface area contributed by atoms with Crippen LogP contribution in [0.4, 0.5) is 5.13 Å². The minimum Gasteiger partial charge on any atom is -0.353 e. The van der Waals surface area contributed by atoms with E-state index < -0.39 is 0 Å². The number of carbonyl (C=O) groups excluding carboxylic acids is 1. The lowest BCUT2D eigenvalue weighted by atomic mass is 10.1. The van der Waals surface area contributed by atoms with Crippen LogP contribution in [0.3, 0.4) is 0 Å². The molecule has 0 aliphatic heterocycles. The second-order valence-electron chi connectivity index (χ2n) is 5.86. The van der Waals surface area contributed by atoms with E-state index in [0.717, 1.165) is 21.9 Å². The maximum Gasteiger partial charge on any atom is 0.276 e. The van der Waals surface area contributed by atoms with Crippen molar-refractivity contribution in [3.05, 3.63) is 62.5 Å². The Morgan fingerprint density at radius 3 is 2.89 bits per heavy atom. The summed E-state index contributed by atoms with van der Waals surface area (Å²) in [7, 11) is 0. The maximum absolute atomic E-state index is 12.4. The fraction of sp³-hybridized carbons (Fsp3) is 0. The first-order valence-electron chi connectivity index (χ1n) is 7.97. The topological polar surface area (TPSA) is 104 Å². The standard InChI is InChI=1S/C18H11N5O2S2/c24-16(23-18-19-3-4-27-18)9-1-2-11-10(5-9)6-12(20-11)15-17(25)22-14-8-26-7-13(14)21-15/h1-8,20H,(H,22,25)(H,19,23,24). The van der Waals surface area contributed by atoms with Crippen LogP contribution in [0.5, 0.6) is 0 Å². The number of carbonyl (C=O) groups is 1. The minimum atomic E-state index is -0.255. The van der Waals surface area contributed by atoms with Gasteiger partial charge >= 0.3 is 0 Å². The molecule has 0 unspecified atom stereocenters. The average molecular weight is 393 g/mol. The molecule has 4 heterocycles. The minimum absolute atomic E-state index is 0.231. The molecule has 1 aromatic carbocycles. The molecule has 0 bridgehead atoms. The Kier molecular flexibility index (Phi) is 3.62. The van der Waals surface area contributed by atoms with E-state index in [4.69, 9.17) is 0 Å². The van der Waals surface area contributed by atoms with Crippen molar-refractivity contribution in [2.45, 2.75) is 0 Å². The highest BCUT2D eigenvalue weighted by atomic mass is 32.1. The van der Waals surface area contributed by atoms with Gasteiger partial charge in [-0.3, -0.25) is 14.9 Å². The van der Waals surface area contributed by atoms with Gasteiger partial charge in [0.2, 0.25) is 0 Å². The number of aromatic amines is 2. The SMILES string of the molecule is O=C(Nc1nccs1)c1ccc2[nH]c(-c3nc4cscc4[nH]c3=O)cc2c1. The summed E-state index contributed by atoms with van der Waals surface area (Å²) < 4.78 is 0. The zero-order valence-electron chi connectivity index (χ0n) is 13.6. The summed E-state index contributed by atoms with van der Waals surface area (Å²) in [5.41, 5.74) is 3.49. The van der Waals surface area contributed by atoms with Crippen molar-refractivity contribution < 1.29 is 4.79 Å². The number of rotatable bonds is 3. The van der Waals surface area contributed by atoms with Crippen LogP contribution in [-0.4, -0.2) is 25.8 Å². The van der Waals surface area contributed by atoms with Gasteiger partial charge in [-0.05, 0) is 24.3 Å². The van der Waals surface area contributed by atoms with Crippen molar-refractivity contribution >= 4 is 55.6 Å². The van der Waals surface area contributed by atoms with Crippen LogP contribution >= 0.6 is 22.7 Å². The zero-order valence-corrected chi connectivity index (χ0v) is 15.3. The van der Waals surface area contributed by atoms with Gasteiger partial charge in [-0.1, -0.05) is 0 Å². The van der Waals surface area contributed by atoms with Crippen molar-refractivity contribution in [3.8, 4) is 11.4 Å². The Balaban J connectivity index is 1.54. The summed E-state index contributed by atoms with van der Waals surface area (Å²) in [4.78, 5) is 39.3. The molecule has 5 aromatic rings. The first kappa shape index (κ1) is 15.9. The highest BCUT2D eigenvalue weighted by Crippen LogP contribution is 2.24. The number of nitrogens with one attached hydrogen (secondary N) is 3. The molecule has 0 atom stereocenters. The number of benzene rings is 1. The van der Waals surface area contributed by atoms with E-state index in [1.165, 1.54) is 22.7 Å². The monoisotopic (exact) mass is 393 g/mol. The van der Waals surface area contributed by atoms with Crippen LogP contribution < -0.4 is 10.9 Å². The molecular formula is C18H11N5O2S2. The van der Waals surface area contributed by atoms with Gasteiger partial charge in [0.15, 0.2) is 10.8 Å². The number of anilines is 1. The first-order chi connectivity index (χ1) is 13.2. The van der Waals surface area contributed by atoms with E-state index in [9.17, 15) is 9.59 Å². The Morgan fingerprint density at radius 1 is 1.11 bits per heavy atom. The second kappa shape index (κ2) is 6.15. The van der Waals surface area contributed by atoms with Crippen LogP contribution in [0.2, 0.25) is 0 Å². The molecule has 5 rings (SSSR count). The predicted molar refractivity (Wildman–Crippen MR) is 108 cm³/mol. The average Bonchev–Trinajstić information content (AvgIpc) is 3.40. The lowest BCUT2D eigenvalue weighted by Crippen LogP contribution is -2.11. The van der Waals surface area contributed by atoms with Gasteiger partial charge in [-0.15, -0.1) is 22.7 Å². The van der Waals surface area contributed by atoms with Gasteiger partial charge in [0.25, 0.3) is 11.5 Å². The molecule has 7 nitrogen and oxygen atoms in total. The summed E-state index contributed by atoms with van der Waals surface area (Å²) in [5, 5.41) is 9.67. The summed E-state index contributed by atoms with van der Waals surface area (Å²) in [6.07, 6.45) is 1.64. The Bertz CT molecular complexity index is 1350. The molecule has 0 aliphatic carbocycles. The maximum atomic E-state index is 12.4.